The molecule has 0 aliphatic carbocycles. The second-order valence-electron chi connectivity index (χ2n) is 3.81. The lowest BCUT2D eigenvalue weighted by Gasteiger charge is -2.35. The predicted molar refractivity (Wildman–Crippen MR) is 61.9 cm³/mol. The highest BCUT2D eigenvalue weighted by molar-refractivity contribution is 8.00. The van der Waals surface area contributed by atoms with Crippen LogP contribution in [0.5, 0.6) is 0 Å². The van der Waals surface area contributed by atoms with Crippen LogP contribution in [0.1, 0.15) is 13.8 Å². The van der Waals surface area contributed by atoms with Crippen LogP contribution in [0, 0.1) is 0 Å². The number of hydrogen-bond acceptors (Lipinski definition) is 3. The minimum Gasteiger partial charge on any atom is -0.372 e. The second-order valence-corrected chi connectivity index (χ2v) is 4.84. The van der Waals surface area contributed by atoms with Gasteiger partial charge in [0.25, 0.3) is 0 Å². The summed E-state index contributed by atoms with van der Waals surface area (Å²) in [5, 5.41) is 5.25. The molecule has 1 fully saturated rings. The summed E-state index contributed by atoms with van der Waals surface area (Å²) < 4.78 is 5.57. The average Bonchev–Trinajstić information content (AvgIpc) is 2.16. The first-order chi connectivity index (χ1) is 7.13. The van der Waals surface area contributed by atoms with Crippen molar-refractivity contribution in [2.45, 2.75) is 26.1 Å². The molecule has 2 N–H and O–H groups in total. The minimum atomic E-state index is 0.142. The van der Waals surface area contributed by atoms with Gasteiger partial charge in [-0.15, -0.1) is 11.8 Å². The van der Waals surface area contributed by atoms with Gasteiger partial charge in [-0.2, -0.15) is 0 Å². The smallest absolute Gasteiger partial charge is 0.232 e. The second kappa shape index (κ2) is 6.12. The molecule has 0 aromatic rings. The molecular formula is C10H19N2O2S+. The van der Waals surface area contributed by atoms with Gasteiger partial charge in [0.15, 0.2) is 0 Å². The number of rotatable bonds is 4. The zero-order valence-corrected chi connectivity index (χ0v) is 10.1. The maximum Gasteiger partial charge on any atom is 0.232 e. The molecular weight excluding hydrogens is 212 g/mol. The molecule has 1 rings (SSSR count). The molecule has 4 nitrogen and oxygen atoms in total. The molecule has 5 heteroatoms. The lowest BCUT2D eigenvalue weighted by molar-refractivity contribution is -0.140. The van der Waals surface area contributed by atoms with Gasteiger partial charge in [-0.25, -0.2) is 0 Å². The average molecular weight is 231 g/mol. The van der Waals surface area contributed by atoms with Crippen molar-refractivity contribution in [2.75, 3.05) is 24.6 Å². The lowest BCUT2D eigenvalue weighted by Crippen LogP contribution is -2.48. The van der Waals surface area contributed by atoms with E-state index in [0.717, 1.165) is 5.75 Å². The van der Waals surface area contributed by atoms with Crippen LogP contribution in [0.15, 0.2) is 0 Å². The summed E-state index contributed by atoms with van der Waals surface area (Å²) in [6.45, 7) is 5.40. The Morgan fingerprint density at radius 3 is 2.67 bits per heavy atom. The molecule has 1 heterocycles. The number of hydrogen-bond donors (Lipinski definition) is 1. The van der Waals surface area contributed by atoms with Gasteiger partial charge >= 0.3 is 0 Å². The number of nitrogens with zero attached hydrogens (tertiary/aromatic N) is 1. The van der Waals surface area contributed by atoms with E-state index < -0.39 is 0 Å². The lowest BCUT2D eigenvalue weighted by atomic mass is 10.2. The summed E-state index contributed by atoms with van der Waals surface area (Å²) in [5.41, 5.74) is 0. The van der Waals surface area contributed by atoms with Crippen LogP contribution >= 0.6 is 11.8 Å². The molecule has 1 aliphatic heterocycles. The fourth-order valence-corrected chi connectivity index (χ4v) is 2.30. The van der Waals surface area contributed by atoms with Crippen molar-refractivity contribution in [3.05, 3.63) is 0 Å². The van der Waals surface area contributed by atoms with E-state index >= 15 is 0 Å². The van der Waals surface area contributed by atoms with Crippen LogP contribution in [0.2, 0.25) is 0 Å². The summed E-state index contributed by atoms with van der Waals surface area (Å²) in [6, 6.07) is 0. The van der Waals surface area contributed by atoms with Crippen molar-refractivity contribution >= 4 is 23.9 Å². The Balaban J connectivity index is 2.34. The quantitative estimate of drug-likeness (QED) is 0.508. The van der Waals surface area contributed by atoms with Gasteiger partial charge in [0.1, 0.15) is 6.21 Å². The van der Waals surface area contributed by atoms with Crippen LogP contribution in [-0.2, 0) is 9.53 Å². The molecule has 86 valence electrons. The molecule has 0 radical (unpaired) electrons. The Morgan fingerprint density at radius 1 is 1.53 bits per heavy atom. The number of morpholine rings is 1. The van der Waals surface area contributed by atoms with E-state index in [4.69, 9.17) is 10.1 Å². The molecule has 0 saturated carbocycles. The van der Waals surface area contributed by atoms with Gasteiger partial charge in [0, 0.05) is 13.1 Å². The zero-order chi connectivity index (χ0) is 11.3. The highest BCUT2D eigenvalue weighted by Gasteiger charge is 2.25. The maximum atomic E-state index is 11.8. The van der Waals surface area contributed by atoms with Crippen molar-refractivity contribution in [2.24, 2.45) is 0 Å². The Kier molecular flexibility index (Phi) is 5.11. The van der Waals surface area contributed by atoms with Crippen LogP contribution in [0.3, 0.4) is 0 Å². The van der Waals surface area contributed by atoms with Crippen LogP contribution in [-0.4, -0.2) is 53.8 Å². The summed E-state index contributed by atoms with van der Waals surface area (Å²) >= 11 is 1.54. The highest BCUT2D eigenvalue weighted by Crippen LogP contribution is 2.12. The van der Waals surface area contributed by atoms with E-state index in [9.17, 15) is 4.79 Å². The fourth-order valence-electron chi connectivity index (χ4n) is 1.69. The standard InChI is InChI=1S/C10H18N2O2S/c1-8-5-12(6-9(2)14-8)10(13)7-15-4-3-11/h3,8-9,11H,4-7H2,1-2H3/p+1/t8-,9?/m1/s1. The normalized spacial score (nSPS) is 26.4. The molecule has 1 saturated heterocycles. The summed E-state index contributed by atoms with van der Waals surface area (Å²) in [7, 11) is 0. The molecule has 0 aromatic heterocycles. The van der Waals surface area contributed by atoms with Gasteiger partial charge in [0.05, 0.1) is 23.7 Å². The SMILES string of the molecule is CC1CN(C(=O)CSCC=[NH2+])C[C@@H](C)O1. The highest BCUT2D eigenvalue weighted by atomic mass is 32.2. The molecule has 1 aliphatic rings. The van der Waals surface area contributed by atoms with Gasteiger partial charge in [-0.05, 0) is 13.8 Å². The first-order valence-electron chi connectivity index (χ1n) is 5.18. The van der Waals surface area contributed by atoms with E-state index in [0.29, 0.717) is 18.8 Å². The van der Waals surface area contributed by atoms with E-state index in [-0.39, 0.29) is 18.1 Å². The monoisotopic (exact) mass is 231 g/mol. The number of ether oxygens (including phenoxy) is 1. The van der Waals surface area contributed by atoms with E-state index in [1.807, 2.05) is 18.7 Å². The Bertz CT molecular complexity index is 225. The molecule has 2 atom stereocenters. The van der Waals surface area contributed by atoms with Crippen molar-refractivity contribution in [3.8, 4) is 0 Å². The summed E-state index contributed by atoms with van der Waals surface area (Å²) in [5.74, 6) is 1.41. The van der Waals surface area contributed by atoms with Crippen molar-refractivity contribution in [3.63, 3.8) is 0 Å². The van der Waals surface area contributed by atoms with E-state index in [1.165, 1.54) is 0 Å². The Labute approximate surface area is 94.9 Å². The number of carbonyl (C=O) groups excluding carboxylic acids is 1. The molecule has 1 amide bonds. The predicted octanol–water partition coefficient (Wildman–Crippen LogP) is -0.815. The van der Waals surface area contributed by atoms with Crippen molar-refractivity contribution < 1.29 is 14.9 Å². The van der Waals surface area contributed by atoms with Crippen LogP contribution < -0.4 is 5.41 Å². The molecule has 15 heavy (non-hydrogen) atoms. The van der Waals surface area contributed by atoms with E-state index in [2.05, 4.69) is 0 Å². The van der Waals surface area contributed by atoms with Crippen LogP contribution in [0.25, 0.3) is 0 Å². The largest absolute Gasteiger partial charge is 0.372 e. The number of amides is 1. The molecule has 0 bridgehead atoms. The first kappa shape index (κ1) is 12.5. The molecule has 0 spiro atoms. The van der Waals surface area contributed by atoms with Crippen molar-refractivity contribution in [1.29, 1.82) is 0 Å². The molecule has 1 unspecified atom stereocenters. The number of thioether (sulfide) groups is 1. The van der Waals surface area contributed by atoms with Gasteiger partial charge in [0.2, 0.25) is 5.91 Å². The van der Waals surface area contributed by atoms with Gasteiger partial charge in [-0.3, -0.25) is 10.2 Å². The fraction of sp³-hybridized carbons (Fsp3) is 0.800. The Hall–Kier alpha value is -0.550. The summed E-state index contributed by atoms with van der Waals surface area (Å²) in [6.07, 6.45) is 1.86. The molecule has 0 aromatic carbocycles. The first-order valence-corrected chi connectivity index (χ1v) is 6.33. The van der Waals surface area contributed by atoms with Gasteiger partial charge < -0.3 is 9.64 Å². The van der Waals surface area contributed by atoms with Gasteiger partial charge in [-0.1, -0.05) is 0 Å². The third-order valence-electron chi connectivity index (χ3n) is 2.21. The number of nitrogens with two attached hydrogens (primary N) is 1. The minimum absolute atomic E-state index is 0.142. The topological polar surface area (TPSA) is 55.1 Å². The summed E-state index contributed by atoms with van der Waals surface area (Å²) in [4.78, 5) is 13.6. The number of carbonyl (C=O) groups is 1. The zero-order valence-electron chi connectivity index (χ0n) is 9.31. The Morgan fingerprint density at radius 2 is 2.13 bits per heavy atom. The maximum absolute atomic E-state index is 11.8. The van der Waals surface area contributed by atoms with E-state index in [1.54, 1.807) is 18.0 Å². The van der Waals surface area contributed by atoms with Crippen molar-refractivity contribution in [1.82, 2.24) is 4.90 Å². The van der Waals surface area contributed by atoms with Crippen LogP contribution in [0.4, 0.5) is 0 Å². The third-order valence-corrected chi connectivity index (χ3v) is 3.09. The third kappa shape index (κ3) is 4.22.